The molecule has 1 aliphatic rings. The first kappa shape index (κ1) is 12.0. The number of nitrogens with one attached hydrogen (secondary N) is 1. The standard InChI is InChI=1S/C15H17N3O/c1-11-2-5-14(18-7-6-16-10-18)13(8-11)15(19)17-9-12-3-4-12/h2,5-8,10,12H,3-4,9H2,1H3,(H,17,19). The maximum Gasteiger partial charge on any atom is 0.253 e. The number of benzene rings is 1. The Labute approximate surface area is 112 Å². The van der Waals surface area contributed by atoms with Crippen molar-refractivity contribution in [3.05, 3.63) is 48.0 Å². The Morgan fingerprint density at radius 3 is 3.00 bits per heavy atom. The van der Waals surface area contributed by atoms with E-state index in [0.29, 0.717) is 11.5 Å². The zero-order valence-electron chi connectivity index (χ0n) is 11.0. The maximum absolute atomic E-state index is 12.3. The van der Waals surface area contributed by atoms with Gasteiger partial charge in [-0.3, -0.25) is 4.79 Å². The summed E-state index contributed by atoms with van der Waals surface area (Å²) in [6.07, 6.45) is 7.75. The first-order valence-electron chi connectivity index (χ1n) is 6.61. The number of aromatic nitrogens is 2. The Morgan fingerprint density at radius 1 is 1.47 bits per heavy atom. The van der Waals surface area contributed by atoms with Gasteiger partial charge in [0.25, 0.3) is 5.91 Å². The normalized spacial score (nSPS) is 14.4. The molecular formula is C15H17N3O. The Hall–Kier alpha value is -2.10. The molecule has 1 aliphatic carbocycles. The van der Waals surface area contributed by atoms with Crippen LogP contribution in [0.25, 0.3) is 5.69 Å². The highest BCUT2D eigenvalue weighted by molar-refractivity contribution is 5.98. The number of hydrogen-bond donors (Lipinski definition) is 1. The summed E-state index contributed by atoms with van der Waals surface area (Å²) in [7, 11) is 0. The number of nitrogens with zero attached hydrogens (tertiary/aromatic N) is 2. The van der Waals surface area contributed by atoms with Crippen LogP contribution >= 0.6 is 0 Å². The van der Waals surface area contributed by atoms with Crippen LogP contribution in [0.1, 0.15) is 28.8 Å². The Balaban J connectivity index is 1.89. The molecule has 1 N–H and O–H groups in total. The molecule has 0 aliphatic heterocycles. The molecule has 19 heavy (non-hydrogen) atoms. The molecule has 1 aromatic heterocycles. The van der Waals surface area contributed by atoms with E-state index < -0.39 is 0 Å². The Morgan fingerprint density at radius 2 is 2.32 bits per heavy atom. The van der Waals surface area contributed by atoms with Crippen LogP contribution in [-0.4, -0.2) is 22.0 Å². The molecule has 1 heterocycles. The molecule has 2 aromatic rings. The van der Waals surface area contributed by atoms with Gasteiger partial charge in [-0.1, -0.05) is 11.6 Å². The third-order valence-corrected chi connectivity index (χ3v) is 3.43. The smallest absolute Gasteiger partial charge is 0.253 e. The maximum atomic E-state index is 12.3. The van der Waals surface area contributed by atoms with Crippen molar-refractivity contribution in [2.45, 2.75) is 19.8 Å². The number of carbonyl (C=O) groups is 1. The van der Waals surface area contributed by atoms with Gasteiger partial charge in [0.1, 0.15) is 0 Å². The van der Waals surface area contributed by atoms with Crippen molar-refractivity contribution in [2.24, 2.45) is 5.92 Å². The summed E-state index contributed by atoms with van der Waals surface area (Å²) in [6.45, 7) is 2.78. The minimum absolute atomic E-state index is 0.000648. The van der Waals surface area contributed by atoms with Crippen LogP contribution in [0.2, 0.25) is 0 Å². The second-order valence-electron chi connectivity index (χ2n) is 5.14. The summed E-state index contributed by atoms with van der Waals surface area (Å²) in [4.78, 5) is 16.3. The van der Waals surface area contributed by atoms with Gasteiger partial charge in [0.2, 0.25) is 0 Å². The van der Waals surface area contributed by atoms with E-state index in [0.717, 1.165) is 17.8 Å². The molecule has 0 unspecified atom stereocenters. The predicted molar refractivity (Wildman–Crippen MR) is 73.4 cm³/mol. The number of aryl methyl sites for hydroxylation is 1. The van der Waals surface area contributed by atoms with Crippen LogP contribution in [0.4, 0.5) is 0 Å². The number of imidazole rings is 1. The average molecular weight is 255 g/mol. The molecule has 1 amide bonds. The number of hydrogen-bond acceptors (Lipinski definition) is 2. The van der Waals surface area contributed by atoms with Gasteiger partial charge >= 0.3 is 0 Å². The number of carbonyl (C=O) groups excluding carboxylic acids is 1. The van der Waals surface area contributed by atoms with E-state index in [1.807, 2.05) is 35.9 Å². The lowest BCUT2D eigenvalue weighted by Crippen LogP contribution is -2.26. The van der Waals surface area contributed by atoms with Crippen molar-refractivity contribution < 1.29 is 4.79 Å². The van der Waals surface area contributed by atoms with Crippen molar-refractivity contribution in [1.82, 2.24) is 14.9 Å². The fraction of sp³-hybridized carbons (Fsp3) is 0.333. The van der Waals surface area contributed by atoms with E-state index in [1.54, 1.807) is 12.5 Å². The molecular weight excluding hydrogens is 238 g/mol. The van der Waals surface area contributed by atoms with E-state index in [9.17, 15) is 4.79 Å². The monoisotopic (exact) mass is 255 g/mol. The Kier molecular flexibility index (Phi) is 3.07. The van der Waals surface area contributed by atoms with Gasteiger partial charge in [0.05, 0.1) is 17.6 Å². The second-order valence-corrected chi connectivity index (χ2v) is 5.14. The first-order chi connectivity index (χ1) is 9.24. The summed E-state index contributed by atoms with van der Waals surface area (Å²) in [5, 5.41) is 3.02. The highest BCUT2D eigenvalue weighted by Crippen LogP contribution is 2.27. The predicted octanol–water partition coefficient (Wildman–Crippen LogP) is 2.32. The lowest BCUT2D eigenvalue weighted by Gasteiger charge is -2.11. The van der Waals surface area contributed by atoms with Gasteiger partial charge in [-0.05, 0) is 37.8 Å². The summed E-state index contributed by atoms with van der Waals surface area (Å²) >= 11 is 0. The van der Waals surface area contributed by atoms with E-state index in [2.05, 4.69) is 10.3 Å². The van der Waals surface area contributed by atoms with Crippen molar-refractivity contribution in [3.8, 4) is 5.69 Å². The topological polar surface area (TPSA) is 46.9 Å². The van der Waals surface area contributed by atoms with Crippen molar-refractivity contribution in [2.75, 3.05) is 6.54 Å². The summed E-state index contributed by atoms with van der Waals surface area (Å²) < 4.78 is 1.87. The summed E-state index contributed by atoms with van der Waals surface area (Å²) in [6, 6.07) is 5.90. The van der Waals surface area contributed by atoms with Gasteiger partial charge in [0, 0.05) is 18.9 Å². The molecule has 0 bridgehead atoms. The molecule has 4 heteroatoms. The molecule has 0 atom stereocenters. The largest absolute Gasteiger partial charge is 0.352 e. The average Bonchev–Trinajstić information content (AvgIpc) is 3.09. The third kappa shape index (κ3) is 2.67. The molecule has 0 radical (unpaired) electrons. The fourth-order valence-electron chi connectivity index (χ4n) is 2.11. The molecule has 3 rings (SSSR count). The zero-order chi connectivity index (χ0) is 13.2. The van der Waals surface area contributed by atoms with E-state index in [-0.39, 0.29) is 5.91 Å². The molecule has 1 aromatic carbocycles. The van der Waals surface area contributed by atoms with Crippen LogP contribution in [0, 0.1) is 12.8 Å². The second kappa shape index (κ2) is 4.88. The quantitative estimate of drug-likeness (QED) is 0.911. The lowest BCUT2D eigenvalue weighted by atomic mass is 10.1. The van der Waals surface area contributed by atoms with E-state index in [4.69, 9.17) is 0 Å². The third-order valence-electron chi connectivity index (χ3n) is 3.43. The summed E-state index contributed by atoms with van der Waals surface area (Å²) in [5.41, 5.74) is 2.66. The van der Waals surface area contributed by atoms with Gasteiger partial charge < -0.3 is 9.88 Å². The SMILES string of the molecule is Cc1ccc(-n2ccnc2)c(C(=O)NCC2CC2)c1. The molecule has 4 nitrogen and oxygen atoms in total. The van der Waals surface area contributed by atoms with Crippen molar-refractivity contribution in [3.63, 3.8) is 0 Å². The number of rotatable bonds is 4. The lowest BCUT2D eigenvalue weighted by molar-refractivity contribution is 0.0951. The molecule has 98 valence electrons. The van der Waals surface area contributed by atoms with Crippen LogP contribution in [-0.2, 0) is 0 Å². The van der Waals surface area contributed by atoms with E-state index in [1.165, 1.54) is 12.8 Å². The number of amides is 1. The Bertz CT molecular complexity index is 585. The molecule has 1 saturated carbocycles. The van der Waals surface area contributed by atoms with Crippen molar-refractivity contribution in [1.29, 1.82) is 0 Å². The summed E-state index contributed by atoms with van der Waals surface area (Å²) in [5.74, 6) is 0.685. The van der Waals surface area contributed by atoms with Crippen LogP contribution < -0.4 is 5.32 Å². The van der Waals surface area contributed by atoms with Gasteiger partial charge in [-0.25, -0.2) is 4.98 Å². The van der Waals surface area contributed by atoms with E-state index >= 15 is 0 Å². The first-order valence-corrected chi connectivity index (χ1v) is 6.61. The zero-order valence-corrected chi connectivity index (χ0v) is 11.0. The fourth-order valence-corrected chi connectivity index (χ4v) is 2.11. The molecule has 0 spiro atoms. The van der Waals surface area contributed by atoms with Crippen LogP contribution in [0.5, 0.6) is 0 Å². The highest BCUT2D eigenvalue weighted by atomic mass is 16.1. The van der Waals surface area contributed by atoms with Crippen LogP contribution in [0.15, 0.2) is 36.9 Å². The van der Waals surface area contributed by atoms with Crippen molar-refractivity contribution >= 4 is 5.91 Å². The van der Waals surface area contributed by atoms with Gasteiger partial charge in [-0.15, -0.1) is 0 Å². The molecule has 0 saturated heterocycles. The highest BCUT2D eigenvalue weighted by Gasteiger charge is 2.22. The van der Waals surface area contributed by atoms with Crippen LogP contribution in [0.3, 0.4) is 0 Å². The minimum Gasteiger partial charge on any atom is -0.352 e. The van der Waals surface area contributed by atoms with Gasteiger partial charge in [-0.2, -0.15) is 0 Å². The van der Waals surface area contributed by atoms with Gasteiger partial charge in [0.15, 0.2) is 0 Å². The minimum atomic E-state index is -0.000648. The molecule has 1 fully saturated rings.